The fourth-order valence-corrected chi connectivity index (χ4v) is 4.35. The predicted molar refractivity (Wildman–Crippen MR) is 105 cm³/mol. The Balaban J connectivity index is 1.69. The van der Waals surface area contributed by atoms with Gasteiger partial charge < -0.3 is 10.8 Å². The lowest BCUT2D eigenvalue weighted by Crippen LogP contribution is -2.52. The molecule has 1 saturated carbocycles. The van der Waals surface area contributed by atoms with Crippen molar-refractivity contribution in [1.29, 1.82) is 0 Å². The molecule has 1 unspecified atom stereocenters. The predicted octanol–water partition coefficient (Wildman–Crippen LogP) is 2.10. The van der Waals surface area contributed by atoms with Gasteiger partial charge in [0, 0.05) is 22.4 Å². The summed E-state index contributed by atoms with van der Waals surface area (Å²) in [6, 6.07) is 5.63. The van der Waals surface area contributed by atoms with Crippen LogP contribution in [0.3, 0.4) is 0 Å². The van der Waals surface area contributed by atoms with Gasteiger partial charge in [-0.25, -0.2) is 0 Å². The van der Waals surface area contributed by atoms with E-state index in [1.54, 1.807) is 30.0 Å². The van der Waals surface area contributed by atoms with Gasteiger partial charge in [0.05, 0.1) is 0 Å². The van der Waals surface area contributed by atoms with E-state index in [1.807, 2.05) is 0 Å². The van der Waals surface area contributed by atoms with Crippen LogP contribution in [0.5, 0.6) is 0 Å². The minimum atomic E-state index is -1.38. The molecule has 1 aliphatic carbocycles. The molecule has 0 bridgehead atoms. The summed E-state index contributed by atoms with van der Waals surface area (Å²) in [6.45, 7) is 0. The van der Waals surface area contributed by atoms with Gasteiger partial charge >= 0.3 is 0 Å². The second kappa shape index (κ2) is 10.8. The summed E-state index contributed by atoms with van der Waals surface area (Å²) in [5, 5.41) is 10.4. The number of nitrogens with two attached hydrogens (primary N) is 1. The molecule has 2 rings (SSSR count). The molecule has 1 aliphatic rings. The van der Waals surface area contributed by atoms with E-state index >= 15 is 0 Å². The molecule has 144 valence electrons. The van der Waals surface area contributed by atoms with Gasteiger partial charge in [-0.15, -0.1) is 0 Å². The van der Waals surface area contributed by atoms with E-state index in [0.717, 1.165) is 5.75 Å². The highest BCUT2D eigenvalue weighted by atomic mass is 35.5. The van der Waals surface area contributed by atoms with Crippen LogP contribution in [-0.2, 0) is 4.79 Å². The maximum absolute atomic E-state index is 12.0. The van der Waals surface area contributed by atoms with Crippen molar-refractivity contribution in [2.24, 2.45) is 11.7 Å². The molecule has 2 atom stereocenters. The van der Waals surface area contributed by atoms with E-state index in [-0.39, 0.29) is 0 Å². The number of aliphatic hydroxyl groups is 1. The molecule has 0 radical (unpaired) electrons. The van der Waals surface area contributed by atoms with E-state index < -0.39 is 24.0 Å². The van der Waals surface area contributed by atoms with Crippen molar-refractivity contribution in [3.05, 3.63) is 34.9 Å². The first kappa shape index (κ1) is 21.0. The second-order valence-electron chi connectivity index (χ2n) is 6.60. The van der Waals surface area contributed by atoms with Gasteiger partial charge in [-0.1, -0.05) is 36.9 Å². The topological polar surface area (TPSA) is 104 Å². The van der Waals surface area contributed by atoms with Crippen LogP contribution < -0.4 is 16.6 Å². The first-order valence-corrected chi connectivity index (χ1v) is 10.4. The van der Waals surface area contributed by atoms with Crippen LogP contribution in [0.2, 0.25) is 5.02 Å². The molecule has 0 spiro atoms. The van der Waals surface area contributed by atoms with Crippen molar-refractivity contribution in [3.8, 4) is 0 Å². The third kappa shape index (κ3) is 6.79. The number of thioether (sulfide) groups is 1. The number of hydrazine groups is 1. The molecule has 0 heterocycles. The first-order valence-electron chi connectivity index (χ1n) is 8.84. The Hall–Kier alpha value is -1.28. The molecule has 0 aromatic heterocycles. The summed E-state index contributed by atoms with van der Waals surface area (Å²) in [5.41, 5.74) is 10.7. The van der Waals surface area contributed by atoms with Crippen LogP contribution >= 0.6 is 23.4 Å². The van der Waals surface area contributed by atoms with E-state index in [9.17, 15) is 14.7 Å². The Bertz CT molecular complexity index is 611. The fourth-order valence-electron chi connectivity index (χ4n) is 2.90. The summed E-state index contributed by atoms with van der Waals surface area (Å²) in [4.78, 5) is 23.9. The number of carbonyl (C=O) groups excluding carboxylic acids is 2. The third-order valence-electron chi connectivity index (χ3n) is 4.45. The summed E-state index contributed by atoms with van der Waals surface area (Å²) >= 11 is 7.49. The minimum absolute atomic E-state index is 0.305. The normalized spacial score (nSPS) is 17.3. The Labute approximate surface area is 163 Å². The highest BCUT2D eigenvalue weighted by Crippen LogP contribution is 2.26. The molecule has 0 aliphatic heterocycles. The third-order valence-corrected chi connectivity index (χ3v) is 6.01. The highest BCUT2D eigenvalue weighted by molar-refractivity contribution is 7.99. The van der Waals surface area contributed by atoms with Crippen LogP contribution in [0, 0.1) is 5.92 Å². The maximum atomic E-state index is 12.0. The number of rotatable bonds is 7. The molecule has 2 amide bonds. The average Bonchev–Trinajstić information content (AvgIpc) is 2.66. The number of hydrogen-bond acceptors (Lipinski definition) is 5. The number of aliphatic hydroxyl groups excluding tert-OH is 1. The number of amides is 2. The van der Waals surface area contributed by atoms with Crippen molar-refractivity contribution < 1.29 is 14.7 Å². The summed E-state index contributed by atoms with van der Waals surface area (Å²) < 4.78 is 0. The van der Waals surface area contributed by atoms with Gasteiger partial charge in [-0.2, -0.15) is 11.8 Å². The van der Waals surface area contributed by atoms with Crippen molar-refractivity contribution in [2.75, 3.05) is 11.5 Å². The van der Waals surface area contributed by atoms with E-state index in [4.69, 9.17) is 17.3 Å². The summed E-state index contributed by atoms with van der Waals surface area (Å²) in [6.07, 6.45) is 5.01. The number of hydrogen-bond donors (Lipinski definition) is 4. The van der Waals surface area contributed by atoms with Gasteiger partial charge in [-0.05, 0) is 42.7 Å². The largest absolute Gasteiger partial charge is 0.382 e. The number of nitrogens with one attached hydrogen (secondary N) is 2. The molecule has 1 aromatic rings. The zero-order chi connectivity index (χ0) is 18.9. The van der Waals surface area contributed by atoms with Gasteiger partial charge in [0.2, 0.25) is 0 Å². The smallest absolute Gasteiger partial charge is 0.269 e. The quantitative estimate of drug-likeness (QED) is 0.525. The van der Waals surface area contributed by atoms with E-state index in [2.05, 4.69) is 10.9 Å². The van der Waals surface area contributed by atoms with Crippen LogP contribution in [0.25, 0.3) is 0 Å². The zero-order valence-electron chi connectivity index (χ0n) is 14.6. The SMILES string of the molecule is N[C@H](CSCC1CCCCC1)C(O)C(=O)NNC(=O)c1cccc(Cl)c1. The lowest BCUT2D eigenvalue weighted by Gasteiger charge is -2.23. The monoisotopic (exact) mass is 399 g/mol. The number of benzene rings is 1. The van der Waals surface area contributed by atoms with Crippen LogP contribution in [-0.4, -0.2) is 40.6 Å². The van der Waals surface area contributed by atoms with Crippen molar-refractivity contribution >= 4 is 35.2 Å². The minimum Gasteiger partial charge on any atom is -0.382 e. The molecule has 5 N–H and O–H groups in total. The molecule has 26 heavy (non-hydrogen) atoms. The number of carbonyl (C=O) groups is 2. The van der Waals surface area contributed by atoms with E-state index in [0.29, 0.717) is 22.3 Å². The fraction of sp³-hybridized carbons (Fsp3) is 0.556. The van der Waals surface area contributed by atoms with Gasteiger partial charge in [0.25, 0.3) is 11.8 Å². The Kier molecular flexibility index (Phi) is 8.71. The molecule has 0 saturated heterocycles. The lowest BCUT2D eigenvalue weighted by atomic mass is 9.91. The molecule has 1 fully saturated rings. The van der Waals surface area contributed by atoms with Crippen molar-refractivity contribution in [2.45, 2.75) is 44.2 Å². The Morgan fingerprint density at radius 3 is 2.69 bits per heavy atom. The van der Waals surface area contributed by atoms with Crippen molar-refractivity contribution in [1.82, 2.24) is 10.9 Å². The maximum Gasteiger partial charge on any atom is 0.269 e. The number of halogens is 1. The summed E-state index contributed by atoms with van der Waals surface area (Å²) in [5.74, 6) is 0.962. The first-order chi connectivity index (χ1) is 12.5. The second-order valence-corrected chi connectivity index (χ2v) is 8.12. The molecular weight excluding hydrogens is 374 g/mol. The highest BCUT2D eigenvalue weighted by Gasteiger charge is 2.24. The van der Waals surface area contributed by atoms with E-state index in [1.165, 1.54) is 38.2 Å². The molecular formula is C18H26ClN3O3S. The van der Waals surface area contributed by atoms with Crippen LogP contribution in [0.15, 0.2) is 24.3 Å². The standard InChI is InChI=1S/C18H26ClN3O3S/c19-14-8-4-7-13(9-14)17(24)21-22-18(25)16(23)15(20)11-26-10-12-5-2-1-3-6-12/h4,7-9,12,15-16,23H,1-3,5-6,10-11,20H2,(H,21,24)(H,22,25)/t15-,16?/m1/s1. The molecule has 6 nitrogen and oxygen atoms in total. The van der Waals surface area contributed by atoms with Crippen molar-refractivity contribution in [3.63, 3.8) is 0 Å². The average molecular weight is 400 g/mol. The van der Waals surface area contributed by atoms with Crippen LogP contribution in [0.1, 0.15) is 42.5 Å². The molecule has 8 heteroatoms. The summed E-state index contributed by atoms with van der Waals surface area (Å²) in [7, 11) is 0. The van der Waals surface area contributed by atoms with Gasteiger partial charge in [0.1, 0.15) is 6.10 Å². The lowest BCUT2D eigenvalue weighted by molar-refractivity contribution is -0.130. The zero-order valence-corrected chi connectivity index (χ0v) is 16.2. The Morgan fingerprint density at radius 2 is 2.00 bits per heavy atom. The Morgan fingerprint density at radius 1 is 1.27 bits per heavy atom. The van der Waals surface area contributed by atoms with Crippen LogP contribution in [0.4, 0.5) is 0 Å². The van der Waals surface area contributed by atoms with Gasteiger partial charge in [-0.3, -0.25) is 20.4 Å². The molecule has 1 aromatic carbocycles. The van der Waals surface area contributed by atoms with Gasteiger partial charge in [0.15, 0.2) is 0 Å².